The first-order valence-corrected chi connectivity index (χ1v) is 11.0. The lowest BCUT2D eigenvalue weighted by molar-refractivity contribution is 0.0974. The van der Waals surface area contributed by atoms with E-state index in [9.17, 15) is 4.79 Å². The topological polar surface area (TPSA) is 54.3 Å². The van der Waals surface area contributed by atoms with Gasteiger partial charge in [-0.1, -0.05) is 22.9 Å². The lowest BCUT2D eigenvalue weighted by atomic mass is 10.2. The van der Waals surface area contributed by atoms with Crippen LogP contribution in [-0.2, 0) is 0 Å². The number of thiazole rings is 1. The van der Waals surface area contributed by atoms with Gasteiger partial charge in [0.1, 0.15) is 5.69 Å². The van der Waals surface area contributed by atoms with Gasteiger partial charge in [0, 0.05) is 17.6 Å². The number of amides is 1. The SMILES string of the molecule is Cc1cc(C(=O)N(CCCN(C)C)c2nc3c(C)c(Cl)ccc3s2)n(C(C)C)n1. The summed E-state index contributed by atoms with van der Waals surface area (Å²) in [6, 6.07) is 5.81. The summed E-state index contributed by atoms with van der Waals surface area (Å²) in [5, 5.41) is 5.90. The van der Waals surface area contributed by atoms with E-state index >= 15 is 0 Å². The van der Waals surface area contributed by atoms with Gasteiger partial charge in [0.05, 0.1) is 15.9 Å². The molecule has 0 aliphatic heterocycles. The molecule has 1 aromatic carbocycles. The molecule has 0 N–H and O–H groups in total. The summed E-state index contributed by atoms with van der Waals surface area (Å²) in [5.41, 5.74) is 3.23. The van der Waals surface area contributed by atoms with E-state index in [1.54, 1.807) is 9.58 Å². The second kappa shape index (κ2) is 8.81. The summed E-state index contributed by atoms with van der Waals surface area (Å²) in [4.78, 5) is 22.3. The quantitative estimate of drug-likeness (QED) is 0.529. The molecule has 2 aromatic heterocycles. The van der Waals surface area contributed by atoms with Crippen molar-refractivity contribution in [2.24, 2.45) is 0 Å². The first kappa shape index (κ1) is 21.7. The molecule has 0 fully saturated rings. The van der Waals surface area contributed by atoms with Gasteiger partial charge in [-0.05, 0) is 78.5 Å². The molecule has 2 heterocycles. The van der Waals surface area contributed by atoms with Crippen LogP contribution in [0.2, 0.25) is 5.02 Å². The van der Waals surface area contributed by atoms with Gasteiger partial charge in [-0.25, -0.2) is 4.98 Å². The third-order valence-corrected chi connectivity index (χ3v) is 6.22. The van der Waals surface area contributed by atoms with Crippen molar-refractivity contribution < 1.29 is 4.79 Å². The lowest BCUT2D eigenvalue weighted by Crippen LogP contribution is -2.35. The molecule has 1 amide bonds. The number of nitrogens with zero attached hydrogens (tertiary/aromatic N) is 5. The van der Waals surface area contributed by atoms with E-state index in [1.807, 2.05) is 60.0 Å². The highest BCUT2D eigenvalue weighted by molar-refractivity contribution is 7.22. The van der Waals surface area contributed by atoms with E-state index in [0.717, 1.165) is 34.4 Å². The zero-order valence-electron chi connectivity index (χ0n) is 17.9. The Bertz CT molecular complexity index is 1020. The number of halogens is 1. The van der Waals surface area contributed by atoms with Gasteiger partial charge in [-0.3, -0.25) is 14.4 Å². The predicted octanol–water partition coefficient (Wildman–Crippen LogP) is 4.94. The number of rotatable bonds is 7. The van der Waals surface area contributed by atoms with Gasteiger partial charge in [-0.15, -0.1) is 0 Å². The van der Waals surface area contributed by atoms with Crippen LogP contribution in [0, 0.1) is 13.8 Å². The summed E-state index contributed by atoms with van der Waals surface area (Å²) in [6.45, 7) is 9.41. The molecule has 156 valence electrons. The van der Waals surface area contributed by atoms with Crippen LogP contribution < -0.4 is 4.90 Å². The molecule has 0 radical (unpaired) electrons. The van der Waals surface area contributed by atoms with Crippen LogP contribution in [0.5, 0.6) is 0 Å². The normalized spacial score (nSPS) is 11.8. The average Bonchev–Trinajstić information content (AvgIpc) is 3.25. The first-order chi connectivity index (χ1) is 13.7. The number of fused-ring (bicyclic) bond motifs is 1. The molecular formula is C21H28ClN5OS. The van der Waals surface area contributed by atoms with E-state index in [2.05, 4.69) is 10.00 Å². The zero-order valence-corrected chi connectivity index (χ0v) is 19.4. The Morgan fingerprint density at radius 2 is 1.97 bits per heavy atom. The molecule has 3 aromatic rings. The van der Waals surface area contributed by atoms with Crippen molar-refractivity contribution in [2.45, 2.75) is 40.2 Å². The lowest BCUT2D eigenvalue weighted by Gasteiger charge is -2.22. The first-order valence-electron chi connectivity index (χ1n) is 9.77. The Kier molecular flexibility index (Phi) is 6.61. The molecular weight excluding hydrogens is 406 g/mol. The van der Waals surface area contributed by atoms with Crippen LogP contribution in [0.15, 0.2) is 18.2 Å². The number of aryl methyl sites for hydroxylation is 2. The standard InChI is InChI=1S/C21H28ClN5OS/c1-13(2)27-17(12-14(3)24-27)20(28)26(11-7-10-25(5)6)21-23-19-15(4)16(22)8-9-18(19)29-21/h8-9,12-13H,7,10-11H2,1-6H3. The molecule has 0 saturated heterocycles. The monoisotopic (exact) mass is 433 g/mol. The van der Waals surface area contributed by atoms with Crippen molar-refractivity contribution in [3.63, 3.8) is 0 Å². The van der Waals surface area contributed by atoms with E-state index in [4.69, 9.17) is 16.6 Å². The summed E-state index contributed by atoms with van der Waals surface area (Å²) in [7, 11) is 4.07. The fourth-order valence-electron chi connectivity index (χ4n) is 3.24. The number of aromatic nitrogens is 3. The summed E-state index contributed by atoms with van der Waals surface area (Å²) >= 11 is 7.80. The van der Waals surface area contributed by atoms with Crippen molar-refractivity contribution >= 4 is 44.2 Å². The number of benzene rings is 1. The van der Waals surface area contributed by atoms with Gasteiger partial charge in [0.2, 0.25) is 0 Å². The minimum atomic E-state index is -0.0686. The van der Waals surface area contributed by atoms with Crippen LogP contribution >= 0.6 is 22.9 Å². The number of hydrogen-bond acceptors (Lipinski definition) is 5. The summed E-state index contributed by atoms with van der Waals surface area (Å²) in [6.07, 6.45) is 0.850. The van der Waals surface area contributed by atoms with Gasteiger partial charge in [-0.2, -0.15) is 5.10 Å². The molecule has 0 spiro atoms. The maximum Gasteiger partial charge on any atom is 0.278 e. The molecule has 0 aliphatic rings. The zero-order chi connectivity index (χ0) is 21.3. The van der Waals surface area contributed by atoms with E-state index in [-0.39, 0.29) is 11.9 Å². The van der Waals surface area contributed by atoms with Crippen molar-refractivity contribution in [2.75, 3.05) is 32.1 Å². The second-order valence-corrected chi connectivity index (χ2v) is 9.25. The maximum absolute atomic E-state index is 13.6. The Hall–Kier alpha value is -1.96. The van der Waals surface area contributed by atoms with Crippen LogP contribution in [0.25, 0.3) is 10.2 Å². The third-order valence-electron chi connectivity index (χ3n) is 4.77. The number of carbonyl (C=O) groups excluding carboxylic acids is 1. The highest BCUT2D eigenvalue weighted by atomic mass is 35.5. The van der Waals surface area contributed by atoms with Crippen LogP contribution in [0.1, 0.15) is 48.1 Å². The highest BCUT2D eigenvalue weighted by Gasteiger charge is 2.26. The molecule has 8 heteroatoms. The predicted molar refractivity (Wildman–Crippen MR) is 122 cm³/mol. The van der Waals surface area contributed by atoms with Gasteiger partial charge < -0.3 is 4.90 Å². The summed E-state index contributed by atoms with van der Waals surface area (Å²) in [5.74, 6) is -0.0686. The van der Waals surface area contributed by atoms with Crippen molar-refractivity contribution in [1.82, 2.24) is 19.7 Å². The van der Waals surface area contributed by atoms with Crippen LogP contribution in [-0.4, -0.2) is 52.8 Å². The molecule has 0 aliphatic carbocycles. The molecule has 0 atom stereocenters. The Labute approximate surface area is 181 Å². The number of carbonyl (C=O) groups is 1. The van der Waals surface area contributed by atoms with Gasteiger partial charge >= 0.3 is 0 Å². The van der Waals surface area contributed by atoms with Crippen molar-refractivity contribution in [3.05, 3.63) is 40.2 Å². The van der Waals surface area contributed by atoms with E-state index in [0.29, 0.717) is 22.4 Å². The van der Waals surface area contributed by atoms with E-state index in [1.165, 1.54) is 11.3 Å². The largest absolute Gasteiger partial charge is 0.309 e. The minimum Gasteiger partial charge on any atom is -0.309 e. The molecule has 0 saturated carbocycles. The van der Waals surface area contributed by atoms with Gasteiger partial charge in [0.25, 0.3) is 5.91 Å². The Morgan fingerprint density at radius 3 is 2.62 bits per heavy atom. The molecule has 6 nitrogen and oxygen atoms in total. The summed E-state index contributed by atoms with van der Waals surface area (Å²) < 4.78 is 2.83. The second-order valence-electron chi connectivity index (χ2n) is 7.84. The number of anilines is 1. The molecule has 3 rings (SSSR count). The fraction of sp³-hybridized carbons (Fsp3) is 0.476. The van der Waals surface area contributed by atoms with Crippen molar-refractivity contribution in [1.29, 1.82) is 0 Å². The van der Waals surface area contributed by atoms with Crippen molar-refractivity contribution in [3.8, 4) is 0 Å². The molecule has 0 bridgehead atoms. The highest BCUT2D eigenvalue weighted by Crippen LogP contribution is 2.34. The smallest absolute Gasteiger partial charge is 0.278 e. The number of hydrogen-bond donors (Lipinski definition) is 0. The fourth-order valence-corrected chi connectivity index (χ4v) is 4.44. The van der Waals surface area contributed by atoms with Gasteiger partial charge in [0.15, 0.2) is 5.13 Å². The maximum atomic E-state index is 13.6. The third kappa shape index (κ3) is 4.63. The Balaban J connectivity index is 2.03. The average molecular weight is 434 g/mol. The molecule has 0 unspecified atom stereocenters. The van der Waals surface area contributed by atoms with E-state index < -0.39 is 0 Å². The Morgan fingerprint density at radius 1 is 1.24 bits per heavy atom. The minimum absolute atomic E-state index is 0.0686. The van der Waals surface area contributed by atoms with Crippen LogP contribution in [0.3, 0.4) is 0 Å². The molecule has 29 heavy (non-hydrogen) atoms. The van der Waals surface area contributed by atoms with Crippen LogP contribution in [0.4, 0.5) is 5.13 Å².